The lowest BCUT2D eigenvalue weighted by Gasteiger charge is -2.08. The Bertz CT molecular complexity index is 500. The molecule has 0 amide bonds. The van der Waals surface area contributed by atoms with Gasteiger partial charge in [-0.1, -0.05) is 18.2 Å². The second-order valence-electron chi connectivity index (χ2n) is 2.86. The molecule has 0 radical (unpaired) electrons. The van der Waals surface area contributed by atoms with Crippen molar-refractivity contribution in [3.63, 3.8) is 0 Å². The van der Waals surface area contributed by atoms with Gasteiger partial charge in [0, 0.05) is 6.20 Å². The van der Waals surface area contributed by atoms with Gasteiger partial charge in [0.2, 0.25) is 0 Å². The summed E-state index contributed by atoms with van der Waals surface area (Å²) < 4.78 is 13.6. The van der Waals surface area contributed by atoms with Gasteiger partial charge in [0.1, 0.15) is 0 Å². The lowest BCUT2D eigenvalue weighted by atomic mass is 10.4. The number of nitrogens with zero attached hydrogens (tertiary/aromatic N) is 2. The van der Waals surface area contributed by atoms with Crippen LogP contribution in [0.4, 0.5) is 0 Å². The van der Waals surface area contributed by atoms with Crippen LogP contribution in [-0.2, 0) is 9.71 Å². The van der Waals surface area contributed by atoms with Gasteiger partial charge in [-0.25, -0.2) is 4.21 Å². The summed E-state index contributed by atoms with van der Waals surface area (Å²) in [6.45, 7) is 0. The van der Waals surface area contributed by atoms with Gasteiger partial charge in [-0.15, -0.1) is 0 Å². The second kappa shape index (κ2) is 3.31. The Morgan fingerprint density at radius 3 is 2.50 bits per heavy atom. The molecule has 4 heteroatoms. The molecule has 0 aliphatic heterocycles. The van der Waals surface area contributed by atoms with Gasteiger partial charge in [-0.3, -0.25) is 0 Å². The van der Waals surface area contributed by atoms with Gasteiger partial charge in [0.05, 0.1) is 20.8 Å². The Kier molecular flexibility index (Phi) is 2.13. The van der Waals surface area contributed by atoms with Crippen LogP contribution in [0.3, 0.4) is 0 Å². The van der Waals surface area contributed by atoms with Crippen LogP contribution >= 0.6 is 0 Å². The zero-order valence-corrected chi connectivity index (χ0v) is 8.35. The summed E-state index contributed by atoms with van der Waals surface area (Å²) in [4.78, 5) is 0.684. The predicted molar refractivity (Wildman–Crippen MR) is 57.6 cm³/mol. The largest absolute Gasteiger partial charge is 0.240 e. The molecule has 1 aromatic carbocycles. The van der Waals surface area contributed by atoms with Crippen LogP contribution in [0.2, 0.25) is 0 Å². The van der Waals surface area contributed by atoms with Crippen LogP contribution in [0.15, 0.2) is 53.7 Å². The Labute approximate surface area is 83.1 Å². The van der Waals surface area contributed by atoms with Crippen LogP contribution in [0.25, 0.3) is 0 Å². The number of aromatic nitrogens is 2. The van der Waals surface area contributed by atoms with Crippen LogP contribution in [0.5, 0.6) is 0 Å². The van der Waals surface area contributed by atoms with Crippen molar-refractivity contribution in [2.45, 2.75) is 4.90 Å². The molecule has 0 saturated heterocycles. The summed E-state index contributed by atoms with van der Waals surface area (Å²) in [5.41, 5.74) is 0. The number of hydrogen-bond acceptors (Lipinski definition) is 2. The molecule has 0 bridgehead atoms. The molecule has 2 rings (SSSR count). The highest BCUT2D eigenvalue weighted by Crippen LogP contribution is 2.10. The fourth-order valence-electron chi connectivity index (χ4n) is 1.17. The van der Waals surface area contributed by atoms with Gasteiger partial charge in [0.15, 0.2) is 0 Å². The van der Waals surface area contributed by atoms with Gasteiger partial charge < -0.3 is 0 Å². The van der Waals surface area contributed by atoms with Crippen molar-refractivity contribution in [2.24, 2.45) is 0 Å². The lowest BCUT2D eigenvalue weighted by Crippen LogP contribution is -2.12. The number of hydrogen-bond donors (Lipinski definition) is 0. The van der Waals surface area contributed by atoms with Crippen molar-refractivity contribution < 1.29 is 4.21 Å². The van der Waals surface area contributed by atoms with Crippen molar-refractivity contribution in [2.75, 3.05) is 0 Å². The first-order chi connectivity index (χ1) is 6.71. The Morgan fingerprint density at radius 2 is 1.93 bits per heavy atom. The molecule has 1 unspecified atom stereocenters. The van der Waals surface area contributed by atoms with Gasteiger partial charge in [-0.05, 0) is 24.1 Å². The average molecular weight is 206 g/mol. The fraction of sp³-hybridized carbons (Fsp3) is 0. The van der Waals surface area contributed by atoms with Gasteiger partial charge >= 0.3 is 0 Å². The van der Waals surface area contributed by atoms with Crippen LogP contribution < -0.4 is 0 Å². The molecule has 14 heavy (non-hydrogen) atoms. The van der Waals surface area contributed by atoms with E-state index in [9.17, 15) is 4.21 Å². The molecule has 1 heterocycles. The minimum Gasteiger partial charge on any atom is -0.240 e. The van der Waals surface area contributed by atoms with Crippen molar-refractivity contribution in [1.29, 1.82) is 0 Å². The highest BCUT2D eigenvalue weighted by Gasteiger charge is 2.08. The van der Waals surface area contributed by atoms with Crippen LogP contribution in [-0.4, -0.2) is 19.3 Å². The standard InChI is InChI=1S/C10H10N2OS/c1-14(13,12-9-5-8-11-12)10-6-3-2-4-7-10/h2-9H,1H2. The molecule has 1 aromatic heterocycles. The Morgan fingerprint density at radius 1 is 1.21 bits per heavy atom. The maximum Gasteiger partial charge on any atom is 0.0950 e. The summed E-state index contributed by atoms with van der Waals surface area (Å²) in [5, 5.41) is 3.94. The molecular formula is C10H10N2OS. The van der Waals surface area contributed by atoms with E-state index in [1.54, 1.807) is 30.6 Å². The van der Waals surface area contributed by atoms with E-state index in [4.69, 9.17) is 0 Å². The van der Waals surface area contributed by atoms with Crippen molar-refractivity contribution in [3.8, 4) is 0 Å². The molecule has 1 atom stereocenters. The van der Waals surface area contributed by atoms with Crippen molar-refractivity contribution in [1.82, 2.24) is 9.19 Å². The molecule has 0 aliphatic carbocycles. The summed E-state index contributed by atoms with van der Waals surface area (Å²) in [5.74, 6) is 3.71. The summed E-state index contributed by atoms with van der Waals surface area (Å²) in [7, 11) is -2.49. The molecular weight excluding hydrogens is 196 g/mol. The zero-order chi connectivity index (χ0) is 10.0. The van der Waals surface area contributed by atoms with Gasteiger partial charge in [-0.2, -0.15) is 9.19 Å². The highest BCUT2D eigenvalue weighted by atomic mass is 32.2. The average Bonchev–Trinajstić information content (AvgIpc) is 2.72. The van der Waals surface area contributed by atoms with E-state index in [0.717, 1.165) is 0 Å². The topological polar surface area (TPSA) is 34.9 Å². The SMILES string of the molecule is C=S(=O)(c1ccccc1)n1cccn1. The van der Waals surface area contributed by atoms with Gasteiger partial charge in [0.25, 0.3) is 0 Å². The van der Waals surface area contributed by atoms with Crippen LogP contribution in [0, 0.1) is 0 Å². The molecule has 0 aliphatic rings. The van der Waals surface area contributed by atoms with Crippen LogP contribution in [0.1, 0.15) is 0 Å². The third kappa shape index (κ3) is 1.44. The number of rotatable bonds is 2. The van der Waals surface area contributed by atoms with Crippen molar-refractivity contribution >= 4 is 15.6 Å². The van der Waals surface area contributed by atoms with E-state index in [0.29, 0.717) is 4.90 Å². The minimum atomic E-state index is -2.49. The Balaban J connectivity index is 2.55. The maximum atomic E-state index is 12.2. The Hall–Kier alpha value is -1.55. The van der Waals surface area contributed by atoms with Crippen molar-refractivity contribution in [3.05, 3.63) is 48.8 Å². The predicted octanol–water partition coefficient (Wildman–Crippen LogP) is 1.42. The first kappa shape index (κ1) is 9.02. The van der Waals surface area contributed by atoms with E-state index in [2.05, 4.69) is 11.0 Å². The smallest absolute Gasteiger partial charge is 0.0950 e. The first-order valence-electron chi connectivity index (χ1n) is 4.14. The first-order valence-corrected chi connectivity index (χ1v) is 5.82. The number of benzene rings is 1. The molecule has 72 valence electrons. The molecule has 0 spiro atoms. The summed E-state index contributed by atoms with van der Waals surface area (Å²) >= 11 is 0. The highest BCUT2D eigenvalue weighted by molar-refractivity contribution is 7.98. The van der Waals surface area contributed by atoms with E-state index in [-0.39, 0.29) is 0 Å². The molecule has 0 N–H and O–H groups in total. The third-order valence-corrected chi connectivity index (χ3v) is 3.72. The third-order valence-electron chi connectivity index (χ3n) is 1.89. The van der Waals surface area contributed by atoms with E-state index in [1.165, 1.54) is 4.09 Å². The molecule has 0 fully saturated rings. The minimum absolute atomic E-state index is 0.684. The zero-order valence-electron chi connectivity index (χ0n) is 7.54. The maximum absolute atomic E-state index is 12.2. The van der Waals surface area contributed by atoms with E-state index < -0.39 is 9.71 Å². The normalized spacial score (nSPS) is 14.9. The second-order valence-corrected chi connectivity index (χ2v) is 4.99. The van der Waals surface area contributed by atoms with E-state index >= 15 is 0 Å². The lowest BCUT2D eigenvalue weighted by molar-refractivity contribution is 0.669. The monoisotopic (exact) mass is 206 g/mol. The molecule has 2 aromatic rings. The molecule has 3 nitrogen and oxygen atoms in total. The summed E-state index contributed by atoms with van der Waals surface area (Å²) in [6.07, 6.45) is 3.25. The van der Waals surface area contributed by atoms with E-state index in [1.807, 2.05) is 18.2 Å². The quantitative estimate of drug-likeness (QED) is 0.696. The summed E-state index contributed by atoms with van der Waals surface area (Å²) in [6, 6.07) is 10.9. The molecule has 0 saturated carbocycles. The fourth-order valence-corrected chi connectivity index (χ4v) is 2.44.